The Morgan fingerprint density at radius 3 is 2.75 bits per heavy atom. The third-order valence-electron chi connectivity index (χ3n) is 6.99. The summed E-state index contributed by atoms with van der Waals surface area (Å²) in [4.78, 5) is 35.4. The van der Waals surface area contributed by atoms with Crippen LogP contribution in [-0.2, 0) is 24.8 Å². The summed E-state index contributed by atoms with van der Waals surface area (Å²) in [5, 5.41) is 8.20. The number of aryl methyl sites for hydroxylation is 1. The van der Waals surface area contributed by atoms with E-state index in [4.69, 9.17) is 4.74 Å². The maximum Gasteiger partial charge on any atom is 0.331 e. The first-order valence-electron chi connectivity index (χ1n) is 12.1. The molecule has 1 saturated carbocycles. The van der Waals surface area contributed by atoms with Crippen molar-refractivity contribution in [3.63, 3.8) is 0 Å². The minimum absolute atomic E-state index is 0.0274. The van der Waals surface area contributed by atoms with Crippen LogP contribution in [0.15, 0.2) is 42.9 Å². The van der Waals surface area contributed by atoms with Gasteiger partial charge in [-0.15, -0.1) is 0 Å². The molecular formula is C26H27N7O3. The first-order valence-corrected chi connectivity index (χ1v) is 12.1. The van der Waals surface area contributed by atoms with Crippen LogP contribution < -0.4 is 10.1 Å². The summed E-state index contributed by atoms with van der Waals surface area (Å²) in [6, 6.07) is 9.15. The Bertz CT molecular complexity index is 1500. The Kier molecular flexibility index (Phi) is 5.24. The number of hydrogen-bond acceptors (Lipinski definition) is 6. The highest BCUT2D eigenvalue weighted by Gasteiger charge is 2.29. The Hall–Kier alpha value is -4.21. The number of amides is 2. The molecule has 0 spiro atoms. The van der Waals surface area contributed by atoms with Crippen molar-refractivity contribution in [1.29, 1.82) is 0 Å². The van der Waals surface area contributed by atoms with Gasteiger partial charge in [-0.1, -0.05) is 0 Å². The number of nitrogens with zero attached hydrogens (tertiary/aromatic N) is 6. The van der Waals surface area contributed by atoms with Crippen LogP contribution in [0.3, 0.4) is 0 Å². The molecule has 6 rings (SSSR count). The highest BCUT2D eigenvalue weighted by Crippen LogP contribution is 2.40. The predicted molar refractivity (Wildman–Crippen MR) is 133 cm³/mol. The highest BCUT2D eigenvalue weighted by atomic mass is 16.5. The van der Waals surface area contributed by atoms with Gasteiger partial charge in [0.2, 0.25) is 11.8 Å². The van der Waals surface area contributed by atoms with E-state index in [2.05, 4.69) is 20.4 Å². The first kappa shape index (κ1) is 22.3. The molecule has 2 aliphatic rings. The average Bonchev–Trinajstić information content (AvgIpc) is 3.50. The van der Waals surface area contributed by atoms with Gasteiger partial charge in [-0.25, -0.2) is 14.8 Å². The van der Waals surface area contributed by atoms with Crippen molar-refractivity contribution in [2.45, 2.75) is 51.6 Å². The van der Waals surface area contributed by atoms with Crippen LogP contribution in [0.2, 0.25) is 0 Å². The molecule has 0 unspecified atom stereocenters. The molecule has 36 heavy (non-hydrogen) atoms. The topological polar surface area (TPSA) is 107 Å². The number of rotatable bonds is 4. The number of nitrogens with one attached hydrogen (secondary N) is 1. The zero-order valence-corrected chi connectivity index (χ0v) is 20.4. The molecule has 1 aliphatic carbocycles. The maximum atomic E-state index is 13.0. The average molecular weight is 486 g/mol. The molecule has 2 amide bonds. The number of carbonyl (C=O) groups excluding carboxylic acids is 2. The molecule has 1 N–H and O–H groups in total. The van der Waals surface area contributed by atoms with E-state index in [9.17, 15) is 9.59 Å². The van der Waals surface area contributed by atoms with Gasteiger partial charge in [-0.3, -0.25) is 19.4 Å². The summed E-state index contributed by atoms with van der Waals surface area (Å²) in [5.41, 5.74) is 3.63. The summed E-state index contributed by atoms with van der Waals surface area (Å²) in [6.45, 7) is 4.03. The first-order chi connectivity index (χ1) is 17.4. The number of benzene rings is 1. The van der Waals surface area contributed by atoms with Crippen LogP contribution >= 0.6 is 0 Å². The standard InChI is InChI=1S/C26H27N7O3/c1-15-10-20-21(13-33(15)16(2)34)27-14-28-25(20)36-19-6-7-22-18(11-19)8-9-32(22)26(35)29-24-12-23(17-4-5-17)31(3)30-24/h6-9,11-12,14-15,17H,4-5,10,13H2,1-3H3,(H,29,30,35)/t15-/m0/s1. The molecule has 1 fully saturated rings. The van der Waals surface area contributed by atoms with Crippen molar-refractivity contribution in [3.05, 3.63) is 59.8 Å². The molecule has 0 radical (unpaired) electrons. The minimum Gasteiger partial charge on any atom is -0.439 e. The SMILES string of the molecule is CC(=O)N1Cc2ncnc(Oc3ccc4c(ccn4C(=O)Nc4cc(C5CC5)n(C)n4)c3)c2C[C@@H]1C. The molecule has 0 saturated heterocycles. The Labute approximate surface area is 207 Å². The van der Waals surface area contributed by atoms with Gasteiger partial charge in [0, 0.05) is 54.8 Å². The van der Waals surface area contributed by atoms with Crippen molar-refractivity contribution < 1.29 is 14.3 Å². The van der Waals surface area contributed by atoms with Crippen LogP contribution in [0.4, 0.5) is 10.6 Å². The smallest absolute Gasteiger partial charge is 0.331 e. The second-order valence-corrected chi connectivity index (χ2v) is 9.60. The van der Waals surface area contributed by atoms with Crippen molar-refractivity contribution in [2.75, 3.05) is 5.32 Å². The third kappa shape index (κ3) is 3.98. The summed E-state index contributed by atoms with van der Waals surface area (Å²) in [6.07, 6.45) is 6.17. The van der Waals surface area contributed by atoms with Crippen molar-refractivity contribution in [1.82, 2.24) is 29.2 Å². The summed E-state index contributed by atoms with van der Waals surface area (Å²) in [7, 11) is 1.91. The maximum absolute atomic E-state index is 13.0. The van der Waals surface area contributed by atoms with Gasteiger partial charge in [-0.2, -0.15) is 5.10 Å². The van der Waals surface area contributed by atoms with Gasteiger partial charge in [0.25, 0.3) is 0 Å². The molecule has 3 aromatic heterocycles. The van der Waals surface area contributed by atoms with Gasteiger partial charge >= 0.3 is 6.03 Å². The zero-order valence-electron chi connectivity index (χ0n) is 20.4. The van der Waals surface area contributed by atoms with E-state index in [1.165, 1.54) is 19.2 Å². The fraction of sp³-hybridized carbons (Fsp3) is 0.346. The van der Waals surface area contributed by atoms with Gasteiger partial charge < -0.3 is 9.64 Å². The molecule has 1 atom stereocenters. The number of anilines is 1. The van der Waals surface area contributed by atoms with E-state index < -0.39 is 0 Å². The molecule has 0 bridgehead atoms. The number of fused-ring (bicyclic) bond motifs is 2. The van der Waals surface area contributed by atoms with E-state index in [0.717, 1.165) is 27.9 Å². The molecule has 1 aliphatic heterocycles. The lowest BCUT2D eigenvalue weighted by Gasteiger charge is -2.33. The summed E-state index contributed by atoms with van der Waals surface area (Å²) in [5.74, 6) is 2.24. The summed E-state index contributed by atoms with van der Waals surface area (Å²) < 4.78 is 9.57. The lowest BCUT2D eigenvalue weighted by molar-refractivity contribution is -0.132. The van der Waals surface area contributed by atoms with E-state index in [1.54, 1.807) is 22.6 Å². The second-order valence-electron chi connectivity index (χ2n) is 9.60. The van der Waals surface area contributed by atoms with Gasteiger partial charge in [0.1, 0.15) is 12.1 Å². The Balaban J connectivity index is 1.22. The Morgan fingerprint density at radius 1 is 1.14 bits per heavy atom. The van der Waals surface area contributed by atoms with Crippen LogP contribution in [0.25, 0.3) is 10.9 Å². The Morgan fingerprint density at radius 2 is 1.97 bits per heavy atom. The van der Waals surface area contributed by atoms with E-state index in [0.29, 0.717) is 36.3 Å². The van der Waals surface area contributed by atoms with Gasteiger partial charge in [0.15, 0.2) is 5.82 Å². The second kappa shape index (κ2) is 8.47. The number of ether oxygens (including phenoxy) is 1. The minimum atomic E-state index is -0.270. The van der Waals surface area contributed by atoms with Crippen LogP contribution in [0.5, 0.6) is 11.6 Å². The van der Waals surface area contributed by atoms with E-state index >= 15 is 0 Å². The van der Waals surface area contributed by atoms with E-state index in [-0.39, 0.29) is 18.0 Å². The van der Waals surface area contributed by atoms with Crippen LogP contribution in [0.1, 0.15) is 49.6 Å². The number of hydrogen-bond donors (Lipinski definition) is 1. The molecule has 4 heterocycles. The fourth-order valence-corrected chi connectivity index (χ4v) is 4.95. The normalized spacial score (nSPS) is 17.2. The van der Waals surface area contributed by atoms with Crippen molar-refractivity contribution in [2.24, 2.45) is 7.05 Å². The van der Waals surface area contributed by atoms with Gasteiger partial charge in [-0.05, 0) is 50.5 Å². The highest BCUT2D eigenvalue weighted by molar-refractivity contribution is 5.98. The molecule has 10 nitrogen and oxygen atoms in total. The molecule has 4 aromatic rings. The molecule has 184 valence electrons. The van der Waals surface area contributed by atoms with Crippen molar-refractivity contribution >= 4 is 28.7 Å². The summed E-state index contributed by atoms with van der Waals surface area (Å²) >= 11 is 0. The predicted octanol–water partition coefficient (Wildman–Crippen LogP) is 4.21. The largest absolute Gasteiger partial charge is 0.439 e. The van der Waals surface area contributed by atoms with Crippen LogP contribution in [-0.4, -0.2) is 47.2 Å². The lowest BCUT2D eigenvalue weighted by Crippen LogP contribution is -2.41. The monoisotopic (exact) mass is 485 g/mol. The molecule has 1 aromatic carbocycles. The molecule has 10 heteroatoms. The molecular weight excluding hydrogens is 458 g/mol. The number of carbonyl (C=O) groups is 2. The zero-order chi connectivity index (χ0) is 25.0. The fourth-order valence-electron chi connectivity index (χ4n) is 4.95. The quantitative estimate of drug-likeness (QED) is 0.464. The van der Waals surface area contributed by atoms with E-state index in [1.807, 2.05) is 49.0 Å². The van der Waals surface area contributed by atoms with Crippen molar-refractivity contribution in [3.8, 4) is 11.6 Å². The van der Waals surface area contributed by atoms with Crippen LogP contribution in [0, 0.1) is 0 Å². The third-order valence-corrected chi connectivity index (χ3v) is 6.99. The van der Waals surface area contributed by atoms with Gasteiger partial charge in [0.05, 0.1) is 17.8 Å². The lowest BCUT2D eigenvalue weighted by atomic mass is 9.99. The number of aromatic nitrogens is 5.